The molecule has 0 amide bonds. The molecular formula is C21H24N4O3S. The lowest BCUT2D eigenvalue weighted by atomic mass is 10.2. The van der Waals surface area contributed by atoms with Gasteiger partial charge in [-0.2, -0.15) is 5.26 Å². The van der Waals surface area contributed by atoms with Crippen molar-refractivity contribution in [1.29, 1.82) is 5.26 Å². The molecule has 0 fully saturated rings. The van der Waals surface area contributed by atoms with Crippen molar-refractivity contribution in [2.75, 3.05) is 6.61 Å². The summed E-state index contributed by atoms with van der Waals surface area (Å²) < 4.78 is 7.07. The third kappa shape index (κ3) is 5.65. The Hall–Kier alpha value is -3.18. The molecule has 0 aliphatic heterocycles. The second kappa shape index (κ2) is 11.0. The molecule has 0 atom stereocenters. The van der Waals surface area contributed by atoms with Crippen LogP contribution in [0, 0.1) is 11.3 Å². The second-order valence-electron chi connectivity index (χ2n) is 6.11. The zero-order valence-electron chi connectivity index (χ0n) is 16.6. The van der Waals surface area contributed by atoms with Gasteiger partial charge < -0.3 is 9.72 Å². The van der Waals surface area contributed by atoms with E-state index in [2.05, 4.69) is 23.5 Å². The molecule has 0 aliphatic carbocycles. The topological polar surface area (TPSA) is 101 Å². The van der Waals surface area contributed by atoms with Gasteiger partial charge in [-0.25, -0.2) is 9.78 Å². The summed E-state index contributed by atoms with van der Waals surface area (Å²) in [5.74, 6) is 0.166. The van der Waals surface area contributed by atoms with E-state index in [-0.39, 0.29) is 22.4 Å². The molecular weight excluding hydrogens is 388 g/mol. The number of hydrogen-bond donors (Lipinski definition) is 1. The largest absolute Gasteiger partial charge is 0.457 e. The minimum Gasteiger partial charge on any atom is -0.457 e. The Labute approximate surface area is 173 Å². The summed E-state index contributed by atoms with van der Waals surface area (Å²) in [5.41, 5.74) is 0.403. The summed E-state index contributed by atoms with van der Waals surface area (Å²) in [7, 11) is 0. The lowest BCUT2D eigenvalue weighted by Crippen LogP contribution is -2.32. The molecule has 0 spiro atoms. The highest BCUT2D eigenvalue weighted by atomic mass is 32.1. The number of carbonyl (C=O) groups excluding carboxylic acids is 1. The van der Waals surface area contributed by atoms with E-state index < -0.39 is 5.97 Å². The molecule has 152 valence electrons. The number of aromatic amines is 1. The van der Waals surface area contributed by atoms with Gasteiger partial charge in [-0.3, -0.25) is 9.36 Å². The molecule has 0 saturated carbocycles. The van der Waals surface area contributed by atoms with E-state index in [1.165, 1.54) is 10.6 Å². The minimum atomic E-state index is -0.769. The lowest BCUT2D eigenvalue weighted by molar-refractivity contribution is -0.135. The number of ether oxygens (including phenoxy) is 1. The number of carbonyl (C=O) groups is 1. The molecule has 0 saturated heterocycles. The van der Waals surface area contributed by atoms with Crippen LogP contribution in [0.4, 0.5) is 0 Å². The average Bonchev–Trinajstić information content (AvgIpc) is 3.30. The van der Waals surface area contributed by atoms with Gasteiger partial charge >= 0.3 is 5.97 Å². The first-order chi connectivity index (χ1) is 14.0. The van der Waals surface area contributed by atoms with Crippen LogP contribution in [-0.4, -0.2) is 27.1 Å². The number of thiazole rings is 1. The number of unbranched alkanes of at least 4 members (excludes halogenated alkanes) is 1. The quantitative estimate of drug-likeness (QED) is 0.501. The third-order valence-electron chi connectivity index (χ3n) is 4.02. The molecule has 0 unspecified atom stereocenters. The molecule has 2 aromatic heterocycles. The van der Waals surface area contributed by atoms with Crippen LogP contribution in [0.5, 0.6) is 0 Å². The predicted molar refractivity (Wildman–Crippen MR) is 114 cm³/mol. The number of imidazole rings is 1. The Kier molecular flexibility index (Phi) is 8.37. The minimum absolute atomic E-state index is 0.00209. The standard InChI is InChI=1S/C21H24N4O3S/c1-4-7-11-18-23-14-15(24-18)9-8-10-17-19(26)25(6-3)20(29-17)16(13-22)21(27)28-12-5-2/h5,8-10,14H,2,4,6-7,11-12H2,1,3H3,(H,23,24)/b9-8+,17-10-,20-16-. The van der Waals surface area contributed by atoms with E-state index in [0.29, 0.717) is 11.1 Å². The summed E-state index contributed by atoms with van der Waals surface area (Å²) in [6, 6.07) is 1.86. The van der Waals surface area contributed by atoms with E-state index in [4.69, 9.17) is 4.74 Å². The molecule has 0 aromatic carbocycles. The second-order valence-corrected chi connectivity index (χ2v) is 7.14. The van der Waals surface area contributed by atoms with E-state index >= 15 is 0 Å². The summed E-state index contributed by atoms with van der Waals surface area (Å²) in [6.07, 6.45) is 11.5. The van der Waals surface area contributed by atoms with Gasteiger partial charge in [0, 0.05) is 13.0 Å². The highest BCUT2D eigenvalue weighted by Gasteiger charge is 2.16. The van der Waals surface area contributed by atoms with Gasteiger partial charge in [-0.1, -0.05) is 32.1 Å². The first-order valence-corrected chi connectivity index (χ1v) is 10.2. The van der Waals surface area contributed by atoms with Crippen molar-refractivity contribution in [3.63, 3.8) is 0 Å². The zero-order valence-corrected chi connectivity index (χ0v) is 17.4. The fourth-order valence-corrected chi connectivity index (χ4v) is 3.67. The summed E-state index contributed by atoms with van der Waals surface area (Å²) >= 11 is 1.09. The SMILES string of the molecule is C=CCOC(=O)/C(C#N)=c1\s/c(=C\C=C\c2cnc(CCCC)[nH]2)c(=O)n1CC. The highest BCUT2D eigenvalue weighted by Crippen LogP contribution is 2.04. The molecule has 0 radical (unpaired) electrons. The zero-order chi connectivity index (χ0) is 21.2. The van der Waals surface area contributed by atoms with Crippen molar-refractivity contribution in [1.82, 2.24) is 14.5 Å². The van der Waals surface area contributed by atoms with Crippen LogP contribution in [0.15, 0.2) is 29.7 Å². The van der Waals surface area contributed by atoms with Gasteiger partial charge in [0.05, 0.1) is 16.4 Å². The number of nitriles is 1. The molecule has 2 aromatic rings. The number of H-pyrrole nitrogens is 1. The van der Waals surface area contributed by atoms with Crippen LogP contribution in [-0.2, 0) is 22.5 Å². The number of nitrogens with zero attached hydrogens (tertiary/aromatic N) is 3. The molecule has 8 heteroatoms. The van der Waals surface area contributed by atoms with Crippen molar-refractivity contribution < 1.29 is 9.53 Å². The molecule has 0 bridgehead atoms. The van der Waals surface area contributed by atoms with E-state index in [0.717, 1.165) is 42.1 Å². The monoisotopic (exact) mass is 412 g/mol. The summed E-state index contributed by atoms with van der Waals surface area (Å²) in [4.78, 5) is 32.3. The summed E-state index contributed by atoms with van der Waals surface area (Å²) in [5, 5.41) is 9.40. The van der Waals surface area contributed by atoms with Crippen LogP contribution in [0.2, 0.25) is 0 Å². The number of aromatic nitrogens is 3. The number of esters is 1. The maximum absolute atomic E-state index is 12.6. The maximum atomic E-state index is 12.6. The molecule has 7 nitrogen and oxygen atoms in total. The Morgan fingerprint density at radius 1 is 1.48 bits per heavy atom. The molecule has 1 N–H and O–H groups in total. The van der Waals surface area contributed by atoms with Gasteiger partial charge in [0.15, 0.2) is 5.57 Å². The fourth-order valence-electron chi connectivity index (χ4n) is 2.57. The van der Waals surface area contributed by atoms with E-state index in [1.54, 1.807) is 25.3 Å². The van der Waals surface area contributed by atoms with Gasteiger partial charge in [0.1, 0.15) is 23.2 Å². The molecule has 29 heavy (non-hydrogen) atoms. The van der Waals surface area contributed by atoms with E-state index in [9.17, 15) is 14.9 Å². The van der Waals surface area contributed by atoms with Crippen LogP contribution in [0.25, 0.3) is 17.7 Å². The summed E-state index contributed by atoms with van der Waals surface area (Å²) in [6.45, 7) is 7.72. The van der Waals surface area contributed by atoms with Gasteiger partial charge in [-0.05, 0) is 25.5 Å². The van der Waals surface area contributed by atoms with Crippen LogP contribution >= 0.6 is 11.3 Å². The normalized spacial score (nSPS) is 12.8. The van der Waals surface area contributed by atoms with Crippen molar-refractivity contribution in [3.05, 3.63) is 56.0 Å². The van der Waals surface area contributed by atoms with Crippen molar-refractivity contribution in [2.24, 2.45) is 0 Å². The van der Waals surface area contributed by atoms with Crippen LogP contribution < -0.4 is 14.8 Å². The van der Waals surface area contributed by atoms with Crippen molar-refractivity contribution >= 4 is 35.0 Å². The van der Waals surface area contributed by atoms with E-state index in [1.807, 2.05) is 12.1 Å². The third-order valence-corrected chi connectivity index (χ3v) is 5.17. The predicted octanol–water partition coefficient (Wildman–Crippen LogP) is 1.89. The number of hydrogen-bond acceptors (Lipinski definition) is 6. The fraction of sp³-hybridized carbons (Fsp3) is 0.333. The Morgan fingerprint density at radius 2 is 2.28 bits per heavy atom. The van der Waals surface area contributed by atoms with Gasteiger partial charge in [0.25, 0.3) is 5.56 Å². The van der Waals surface area contributed by atoms with Crippen LogP contribution in [0.3, 0.4) is 0 Å². The number of allylic oxidation sites excluding steroid dienone is 1. The average molecular weight is 413 g/mol. The Bertz CT molecular complexity index is 1110. The lowest BCUT2D eigenvalue weighted by Gasteiger charge is -2.00. The first kappa shape index (κ1) is 22.1. The first-order valence-electron chi connectivity index (χ1n) is 9.40. The number of aryl methyl sites for hydroxylation is 1. The highest BCUT2D eigenvalue weighted by molar-refractivity contribution is 7.07. The smallest absolute Gasteiger partial charge is 0.352 e. The van der Waals surface area contributed by atoms with Gasteiger partial charge in [0.2, 0.25) is 0 Å². The maximum Gasteiger partial charge on any atom is 0.352 e. The van der Waals surface area contributed by atoms with Crippen molar-refractivity contribution in [3.8, 4) is 6.07 Å². The number of rotatable bonds is 9. The van der Waals surface area contributed by atoms with Crippen molar-refractivity contribution in [2.45, 2.75) is 39.7 Å². The van der Waals surface area contributed by atoms with Gasteiger partial charge in [-0.15, -0.1) is 11.3 Å². The Balaban J connectivity index is 2.39. The molecule has 2 heterocycles. The molecule has 2 rings (SSSR count). The Morgan fingerprint density at radius 3 is 2.93 bits per heavy atom. The van der Waals surface area contributed by atoms with Crippen LogP contribution in [0.1, 0.15) is 38.2 Å². The molecule has 0 aliphatic rings. The number of nitrogens with one attached hydrogen (secondary N) is 1.